The second-order valence-electron chi connectivity index (χ2n) is 17.9. The first-order chi connectivity index (χ1) is 27.7. The number of unbranched alkanes of at least 4 members (excludes halogenated alkanes) is 12. The van der Waals surface area contributed by atoms with E-state index >= 15 is 0 Å². The Hall–Kier alpha value is -2.25. The Balaban J connectivity index is 0.943. The molecule has 5 aliphatic rings. The molecular weight excluding hydrogens is 721 g/mol. The summed E-state index contributed by atoms with van der Waals surface area (Å²) in [6.45, 7) is 6.68. The van der Waals surface area contributed by atoms with Gasteiger partial charge in [0.25, 0.3) is 0 Å². The van der Waals surface area contributed by atoms with E-state index in [1.165, 1.54) is 57.8 Å². The highest BCUT2D eigenvalue weighted by atomic mass is 16.6. The topological polar surface area (TPSA) is 165 Å². The van der Waals surface area contributed by atoms with Crippen molar-refractivity contribution in [2.75, 3.05) is 32.8 Å². The Labute approximate surface area is 344 Å². The molecule has 5 heterocycles. The van der Waals surface area contributed by atoms with Crippen LogP contribution in [-0.4, -0.2) is 107 Å². The summed E-state index contributed by atoms with van der Waals surface area (Å²) < 4.78 is 19.6. The van der Waals surface area contributed by atoms with Crippen molar-refractivity contribution < 1.29 is 28.9 Å². The zero-order valence-electron chi connectivity index (χ0n) is 35.8. The molecule has 57 heavy (non-hydrogen) atoms. The predicted molar refractivity (Wildman–Crippen MR) is 226 cm³/mol. The summed E-state index contributed by atoms with van der Waals surface area (Å²) in [6, 6.07) is 0.328. The lowest BCUT2D eigenvalue weighted by molar-refractivity contribution is -0.194. The molecule has 0 aromatic heterocycles. The summed E-state index contributed by atoms with van der Waals surface area (Å²) in [5.74, 6) is 0.440. The molecule has 12 heteroatoms. The molecule has 0 bridgehead atoms. The van der Waals surface area contributed by atoms with Crippen molar-refractivity contribution in [2.24, 2.45) is 22.4 Å². The SMILES string of the molecule is CC[C@H]1C=CCC[C@@]2(C[C@@H]3CC[C@H]4[C@@H](C(=O)OCCCCCCCCCCCCCCCC(=O)N(CCCN)C[C@@H](O)CCN)[C@]5(CCC[C@@H](C)O5)N=C(N2)N34)O1. The third-order valence-corrected chi connectivity index (χ3v) is 13.2. The lowest BCUT2D eigenvalue weighted by Crippen LogP contribution is -2.71. The molecule has 3 fully saturated rings. The van der Waals surface area contributed by atoms with Gasteiger partial charge in [0.15, 0.2) is 11.7 Å². The van der Waals surface area contributed by atoms with E-state index in [-0.39, 0.29) is 30.1 Å². The fourth-order valence-electron chi connectivity index (χ4n) is 10.2. The average Bonchev–Trinajstić information content (AvgIpc) is 3.49. The summed E-state index contributed by atoms with van der Waals surface area (Å²) in [5, 5.41) is 13.9. The molecule has 12 nitrogen and oxygen atoms in total. The molecule has 1 amide bonds. The van der Waals surface area contributed by atoms with Gasteiger partial charge in [0, 0.05) is 32.0 Å². The molecule has 5 aliphatic heterocycles. The van der Waals surface area contributed by atoms with Crippen molar-refractivity contribution in [1.29, 1.82) is 0 Å². The number of ether oxygens (including phenoxy) is 3. The number of allylic oxidation sites excluding steroid dienone is 1. The van der Waals surface area contributed by atoms with Gasteiger partial charge in [-0.3, -0.25) is 9.59 Å². The van der Waals surface area contributed by atoms with Gasteiger partial charge in [0.1, 0.15) is 11.6 Å². The van der Waals surface area contributed by atoms with E-state index in [1.54, 1.807) is 4.90 Å². The minimum absolute atomic E-state index is 0.0307. The third kappa shape index (κ3) is 13.1. The zero-order valence-corrected chi connectivity index (χ0v) is 35.8. The van der Waals surface area contributed by atoms with Crippen LogP contribution in [0.3, 0.4) is 0 Å². The first-order valence-corrected chi connectivity index (χ1v) is 23.4. The molecule has 8 atom stereocenters. The second-order valence-corrected chi connectivity index (χ2v) is 17.9. The van der Waals surface area contributed by atoms with Crippen LogP contribution in [0, 0.1) is 5.92 Å². The van der Waals surface area contributed by atoms with E-state index in [2.05, 4.69) is 36.2 Å². The number of rotatable bonds is 25. The van der Waals surface area contributed by atoms with Gasteiger partial charge in [0.05, 0.1) is 31.0 Å². The van der Waals surface area contributed by atoms with Crippen molar-refractivity contribution in [3.63, 3.8) is 0 Å². The number of guanidine groups is 1. The number of aliphatic imine (C=N–C) groups is 1. The summed E-state index contributed by atoms with van der Waals surface area (Å²) >= 11 is 0. The van der Waals surface area contributed by atoms with Crippen LogP contribution in [0.4, 0.5) is 0 Å². The normalized spacial score (nSPS) is 29.8. The molecule has 0 aliphatic carbocycles. The fraction of sp³-hybridized carbons (Fsp3) is 0.889. The van der Waals surface area contributed by atoms with E-state index < -0.39 is 23.5 Å². The maximum absolute atomic E-state index is 14.0. The van der Waals surface area contributed by atoms with Crippen LogP contribution < -0.4 is 16.8 Å². The van der Waals surface area contributed by atoms with Crippen molar-refractivity contribution >= 4 is 17.8 Å². The van der Waals surface area contributed by atoms with Gasteiger partial charge in [-0.1, -0.05) is 89.7 Å². The van der Waals surface area contributed by atoms with Crippen molar-refractivity contribution in [1.82, 2.24) is 15.1 Å². The molecule has 3 saturated heterocycles. The highest BCUT2D eigenvalue weighted by Gasteiger charge is 2.62. The minimum atomic E-state index is -0.886. The number of esters is 1. The van der Waals surface area contributed by atoms with Crippen LogP contribution in [-0.2, 0) is 23.8 Å². The number of aliphatic hydroxyl groups excluding tert-OH is 1. The highest BCUT2D eigenvalue weighted by Crippen LogP contribution is 2.50. The van der Waals surface area contributed by atoms with Crippen LogP contribution >= 0.6 is 0 Å². The average molecular weight is 801 g/mol. The number of amides is 1. The van der Waals surface area contributed by atoms with E-state index in [1.807, 2.05) is 0 Å². The Morgan fingerprint density at radius 2 is 1.67 bits per heavy atom. The minimum Gasteiger partial charge on any atom is -0.465 e. The molecule has 0 radical (unpaired) electrons. The molecular formula is C45H80N6O6. The van der Waals surface area contributed by atoms with Crippen LogP contribution in [0.2, 0.25) is 0 Å². The Kier molecular flexibility index (Phi) is 18.9. The summed E-state index contributed by atoms with van der Waals surface area (Å²) in [7, 11) is 0. The Bertz CT molecular complexity index is 1280. The third-order valence-electron chi connectivity index (χ3n) is 13.2. The van der Waals surface area contributed by atoms with Gasteiger partial charge in [-0.05, 0) is 97.1 Å². The Morgan fingerprint density at radius 1 is 0.965 bits per heavy atom. The van der Waals surface area contributed by atoms with Crippen LogP contribution in [0.25, 0.3) is 0 Å². The van der Waals surface area contributed by atoms with Crippen LogP contribution in [0.1, 0.15) is 174 Å². The Morgan fingerprint density at radius 3 is 2.33 bits per heavy atom. The van der Waals surface area contributed by atoms with E-state index in [4.69, 9.17) is 30.7 Å². The first-order valence-electron chi connectivity index (χ1n) is 23.4. The molecule has 2 spiro atoms. The number of nitrogens with two attached hydrogens (primary N) is 2. The lowest BCUT2D eigenvalue weighted by atomic mass is 9.80. The van der Waals surface area contributed by atoms with Crippen LogP contribution in [0.15, 0.2) is 17.1 Å². The number of nitrogens with zero attached hydrogens (tertiary/aromatic N) is 3. The number of nitrogens with one attached hydrogen (secondary N) is 1. The van der Waals surface area contributed by atoms with Crippen molar-refractivity contribution in [3.8, 4) is 0 Å². The standard InChI is InChI=1S/C45H80N6O6/c1-3-38-22-16-17-27-44(57-38)33-36-24-25-39-41(45(28-19-21-35(2)56-45)49-43(48-44)51(36)39)42(54)55-32-18-14-12-10-8-6-4-5-7-9-11-13-15-23-40(53)50(31-20-29-46)34-37(52)26-30-47/h16,22,35-39,41,52H,3-15,17-21,23-34,46-47H2,1-2H3,(H,48,49)/t35-,36+,37+,38+,39+,41+,44+,45-/m1/s1. The predicted octanol–water partition coefficient (Wildman–Crippen LogP) is 6.82. The largest absolute Gasteiger partial charge is 0.465 e. The number of carbonyl (C=O) groups is 2. The second kappa shape index (κ2) is 23.5. The van der Waals surface area contributed by atoms with Gasteiger partial charge in [-0.15, -0.1) is 0 Å². The maximum Gasteiger partial charge on any atom is 0.316 e. The molecule has 326 valence electrons. The number of hydrogen-bond acceptors (Lipinski definition) is 11. The van der Waals surface area contributed by atoms with Gasteiger partial charge in [-0.25, -0.2) is 4.99 Å². The number of carbonyl (C=O) groups excluding carboxylic acids is 2. The molecule has 0 saturated carbocycles. The monoisotopic (exact) mass is 801 g/mol. The number of hydrogen-bond donors (Lipinski definition) is 4. The smallest absolute Gasteiger partial charge is 0.316 e. The number of aliphatic hydroxyl groups is 1. The molecule has 5 rings (SSSR count). The molecule has 0 unspecified atom stereocenters. The van der Waals surface area contributed by atoms with Gasteiger partial charge < -0.3 is 45.9 Å². The van der Waals surface area contributed by atoms with Crippen molar-refractivity contribution in [2.45, 2.75) is 216 Å². The molecule has 0 aromatic rings. The summed E-state index contributed by atoms with van der Waals surface area (Å²) in [4.78, 5) is 36.3. The van der Waals surface area contributed by atoms with Crippen molar-refractivity contribution in [3.05, 3.63) is 12.2 Å². The highest BCUT2D eigenvalue weighted by molar-refractivity contribution is 5.87. The first kappa shape index (κ1) is 45.8. The van der Waals surface area contributed by atoms with E-state index in [0.29, 0.717) is 51.7 Å². The quantitative estimate of drug-likeness (QED) is 0.0438. The van der Waals surface area contributed by atoms with Gasteiger partial charge in [-0.2, -0.15) is 0 Å². The van der Waals surface area contributed by atoms with E-state index in [0.717, 1.165) is 95.9 Å². The van der Waals surface area contributed by atoms with Gasteiger partial charge in [0.2, 0.25) is 5.91 Å². The molecule has 0 aromatic carbocycles. The summed E-state index contributed by atoms with van der Waals surface area (Å²) in [6.07, 6.45) is 29.4. The fourth-order valence-corrected chi connectivity index (χ4v) is 10.2. The molecule has 6 N–H and O–H groups in total. The maximum atomic E-state index is 14.0. The summed E-state index contributed by atoms with van der Waals surface area (Å²) in [5.41, 5.74) is 9.88. The lowest BCUT2D eigenvalue weighted by Gasteiger charge is -2.55. The zero-order chi connectivity index (χ0) is 40.5. The van der Waals surface area contributed by atoms with E-state index in [9.17, 15) is 14.7 Å². The van der Waals surface area contributed by atoms with Gasteiger partial charge >= 0.3 is 5.97 Å². The van der Waals surface area contributed by atoms with Crippen LogP contribution in [0.5, 0.6) is 0 Å².